The number of hydrogen-bond donors (Lipinski definition) is 0. The van der Waals surface area contributed by atoms with Gasteiger partial charge in [0.25, 0.3) is 0 Å². The van der Waals surface area contributed by atoms with E-state index >= 15 is 0 Å². The molecule has 2 aromatic rings. The molecule has 26 heavy (non-hydrogen) atoms. The van der Waals surface area contributed by atoms with Gasteiger partial charge in [0, 0.05) is 31.6 Å². The number of halogens is 2. The molecule has 1 unspecified atom stereocenters. The van der Waals surface area contributed by atoms with Gasteiger partial charge in [-0.1, -0.05) is 23.2 Å². The van der Waals surface area contributed by atoms with Gasteiger partial charge in [-0.05, 0) is 39.3 Å². The van der Waals surface area contributed by atoms with Gasteiger partial charge >= 0.3 is 6.09 Å². The maximum absolute atomic E-state index is 12.3. The summed E-state index contributed by atoms with van der Waals surface area (Å²) in [5, 5.41) is 1.59. The molecule has 0 N–H and O–H groups in total. The second-order valence-corrected chi connectivity index (χ2v) is 8.27. The van der Waals surface area contributed by atoms with Crippen molar-refractivity contribution in [1.29, 1.82) is 0 Å². The van der Waals surface area contributed by atoms with Crippen LogP contribution < -0.4 is 4.90 Å². The predicted molar refractivity (Wildman–Crippen MR) is 104 cm³/mol. The molecule has 8 heteroatoms. The third-order valence-corrected chi connectivity index (χ3v) is 4.84. The lowest BCUT2D eigenvalue weighted by molar-refractivity contribution is 0.0292. The number of fused-ring (bicyclic) bond motifs is 1. The molecule has 0 aliphatic carbocycles. The number of likely N-dealkylation sites (tertiary alicyclic amines) is 1. The highest BCUT2D eigenvalue weighted by atomic mass is 35.5. The topological polar surface area (TPSA) is 58.6 Å². The van der Waals surface area contributed by atoms with Crippen molar-refractivity contribution >= 4 is 46.0 Å². The smallest absolute Gasteiger partial charge is 0.410 e. The van der Waals surface area contributed by atoms with Crippen molar-refractivity contribution in [3.05, 3.63) is 28.5 Å². The number of ether oxygens (including phenoxy) is 1. The van der Waals surface area contributed by atoms with E-state index < -0.39 is 5.60 Å². The zero-order chi connectivity index (χ0) is 19.1. The molecule has 3 heterocycles. The number of nitrogens with zero attached hydrogens (tertiary/aromatic N) is 4. The van der Waals surface area contributed by atoms with Crippen LogP contribution in [0.1, 0.15) is 27.2 Å². The fourth-order valence-electron chi connectivity index (χ4n) is 2.98. The molecule has 0 spiro atoms. The van der Waals surface area contributed by atoms with Crippen molar-refractivity contribution < 1.29 is 9.53 Å². The standard InChI is InChI=1S/C18H22Cl2N4O2/c1-18(2,3)26-17(25)24-6-5-11(10-24)23(4)12-7-13-14(19)8-15(20)22-16(13)21-9-12/h7-9,11H,5-6,10H2,1-4H3. The number of rotatable bonds is 2. The number of pyridine rings is 2. The van der Waals surface area contributed by atoms with E-state index in [0.717, 1.165) is 17.5 Å². The molecule has 1 fully saturated rings. The first-order chi connectivity index (χ1) is 12.1. The number of anilines is 1. The highest BCUT2D eigenvalue weighted by Crippen LogP contribution is 2.29. The van der Waals surface area contributed by atoms with Gasteiger partial charge < -0.3 is 14.5 Å². The Balaban J connectivity index is 1.75. The average molecular weight is 397 g/mol. The molecule has 1 aliphatic heterocycles. The summed E-state index contributed by atoms with van der Waals surface area (Å²) in [6.07, 6.45) is 2.34. The van der Waals surface area contributed by atoms with Crippen LogP contribution in [0.4, 0.5) is 10.5 Å². The van der Waals surface area contributed by atoms with Crippen molar-refractivity contribution in [3.8, 4) is 0 Å². The summed E-state index contributed by atoms with van der Waals surface area (Å²) in [4.78, 5) is 24.7. The maximum atomic E-state index is 12.3. The lowest BCUT2D eigenvalue weighted by atomic mass is 10.2. The van der Waals surface area contributed by atoms with Crippen LogP contribution in [0.5, 0.6) is 0 Å². The molecule has 2 aromatic heterocycles. The monoisotopic (exact) mass is 396 g/mol. The van der Waals surface area contributed by atoms with E-state index in [1.807, 2.05) is 33.9 Å². The Labute approximate surface area is 163 Å². The maximum Gasteiger partial charge on any atom is 0.410 e. The van der Waals surface area contributed by atoms with Crippen LogP contribution in [0.15, 0.2) is 18.3 Å². The first-order valence-electron chi connectivity index (χ1n) is 8.46. The summed E-state index contributed by atoms with van der Waals surface area (Å²) in [6.45, 7) is 6.89. The van der Waals surface area contributed by atoms with Crippen molar-refractivity contribution in [2.45, 2.75) is 38.8 Å². The molecule has 140 valence electrons. The number of amides is 1. The minimum Gasteiger partial charge on any atom is -0.444 e. The van der Waals surface area contributed by atoms with Crippen LogP contribution in [-0.2, 0) is 4.74 Å². The molecular weight excluding hydrogens is 375 g/mol. The Hall–Kier alpha value is -1.79. The van der Waals surface area contributed by atoms with Gasteiger partial charge in [0.1, 0.15) is 10.8 Å². The van der Waals surface area contributed by atoms with E-state index in [1.54, 1.807) is 17.2 Å². The van der Waals surface area contributed by atoms with Crippen LogP contribution in [0.25, 0.3) is 11.0 Å². The Kier molecular flexibility index (Phi) is 5.17. The van der Waals surface area contributed by atoms with Crippen molar-refractivity contribution in [2.75, 3.05) is 25.0 Å². The summed E-state index contributed by atoms with van der Waals surface area (Å²) < 4.78 is 5.46. The lowest BCUT2D eigenvalue weighted by Gasteiger charge is -2.28. The van der Waals surface area contributed by atoms with Gasteiger partial charge in [-0.2, -0.15) is 0 Å². The molecular formula is C18H22Cl2N4O2. The fraction of sp³-hybridized carbons (Fsp3) is 0.500. The number of aromatic nitrogens is 2. The summed E-state index contributed by atoms with van der Waals surface area (Å²) in [5.41, 5.74) is 0.940. The van der Waals surface area contributed by atoms with Crippen LogP contribution in [0, 0.1) is 0 Å². The van der Waals surface area contributed by atoms with E-state index in [2.05, 4.69) is 14.9 Å². The summed E-state index contributed by atoms with van der Waals surface area (Å²) >= 11 is 12.2. The SMILES string of the molecule is CN(c1cnc2nc(Cl)cc(Cl)c2c1)C1CCN(C(=O)OC(C)(C)C)C1. The minimum absolute atomic E-state index is 0.181. The predicted octanol–water partition coefficient (Wildman–Crippen LogP) is 4.38. The zero-order valence-electron chi connectivity index (χ0n) is 15.3. The quantitative estimate of drug-likeness (QED) is 0.704. The third-order valence-electron chi connectivity index (χ3n) is 4.34. The molecule has 0 saturated carbocycles. The van der Waals surface area contributed by atoms with Crippen LogP contribution in [0.2, 0.25) is 10.2 Å². The molecule has 6 nitrogen and oxygen atoms in total. The number of carbonyl (C=O) groups is 1. The van der Waals surface area contributed by atoms with Crippen LogP contribution >= 0.6 is 23.2 Å². The van der Waals surface area contributed by atoms with Gasteiger partial charge in [0.15, 0.2) is 5.65 Å². The third kappa shape index (κ3) is 4.13. The Morgan fingerprint density at radius 3 is 2.77 bits per heavy atom. The molecule has 0 radical (unpaired) electrons. The van der Waals surface area contributed by atoms with Gasteiger partial charge in [-0.3, -0.25) is 0 Å². The van der Waals surface area contributed by atoms with E-state index in [9.17, 15) is 4.79 Å². The van der Waals surface area contributed by atoms with E-state index in [-0.39, 0.29) is 12.1 Å². The summed E-state index contributed by atoms with van der Waals surface area (Å²) in [7, 11) is 1.99. The molecule has 1 atom stereocenters. The largest absolute Gasteiger partial charge is 0.444 e. The number of carbonyl (C=O) groups excluding carboxylic acids is 1. The first-order valence-corrected chi connectivity index (χ1v) is 9.22. The molecule has 1 aliphatic rings. The fourth-order valence-corrected chi connectivity index (χ4v) is 3.47. The second-order valence-electron chi connectivity index (χ2n) is 7.47. The summed E-state index contributed by atoms with van der Waals surface area (Å²) in [5.74, 6) is 0. The van der Waals surface area contributed by atoms with Crippen molar-refractivity contribution in [3.63, 3.8) is 0 Å². The van der Waals surface area contributed by atoms with E-state index in [1.165, 1.54) is 0 Å². The number of hydrogen-bond acceptors (Lipinski definition) is 5. The molecule has 0 bridgehead atoms. The minimum atomic E-state index is -0.492. The first kappa shape index (κ1) is 19.0. The Bertz CT molecular complexity index is 838. The van der Waals surface area contributed by atoms with Crippen molar-refractivity contribution in [2.24, 2.45) is 0 Å². The van der Waals surface area contributed by atoms with E-state index in [4.69, 9.17) is 27.9 Å². The van der Waals surface area contributed by atoms with Gasteiger partial charge in [-0.25, -0.2) is 14.8 Å². The van der Waals surface area contributed by atoms with E-state index in [0.29, 0.717) is 28.9 Å². The lowest BCUT2D eigenvalue weighted by Crippen LogP contribution is -2.39. The van der Waals surface area contributed by atoms with Crippen molar-refractivity contribution in [1.82, 2.24) is 14.9 Å². The normalized spacial score (nSPS) is 17.6. The second kappa shape index (κ2) is 7.08. The Morgan fingerprint density at radius 1 is 1.35 bits per heavy atom. The van der Waals surface area contributed by atoms with Gasteiger partial charge in [0.2, 0.25) is 0 Å². The number of likely N-dealkylation sites (N-methyl/N-ethyl adjacent to an activating group) is 1. The highest BCUT2D eigenvalue weighted by molar-refractivity contribution is 6.37. The van der Waals surface area contributed by atoms with Crippen LogP contribution in [-0.4, -0.2) is 52.7 Å². The molecule has 1 amide bonds. The van der Waals surface area contributed by atoms with Crippen LogP contribution in [0.3, 0.4) is 0 Å². The molecule has 3 rings (SSSR count). The van der Waals surface area contributed by atoms with Gasteiger partial charge in [0.05, 0.1) is 16.9 Å². The molecule has 0 aromatic carbocycles. The Morgan fingerprint density at radius 2 is 2.08 bits per heavy atom. The molecule has 1 saturated heterocycles. The average Bonchev–Trinajstić information content (AvgIpc) is 3.02. The van der Waals surface area contributed by atoms with Gasteiger partial charge in [-0.15, -0.1) is 0 Å². The highest BCUT2D eigenvalue weighted by Gasteiger charge is 2.32. The summed E-state index contributed by atoms with van der Waals surface area (Å²) in [6, 6.07) is 3.74. The zero-order valence-corrected chi connectivity index (χ0v) is 16.8.